The molecule has 0 aliphatic carbocycles. The highest BCUT2D eigenvalue weighted by Crippen LogP contribution is 2.45. The van der Waals surface area contributed by atoms with Gasteiger partial charge in [-0.1, -0.05) is 382 Å². The van der Waals surface area contributed by atoms with Crippen LogP contribution in [0.5, 0.6) is 0 Å². The first kappa shape index (κ1) is 100. The van der Waals surface area contributed by atoms with Gasteiger partial charge >= 0.3 is 39.5 Å². The molecule has 0 saturated heterocycles. The van der Waals surface area contributed by atoms with Crippen molar-refractivity contribution in [1.82, 2.24) is 0 Å². The summed E-state index contributed by atoms with van der Waals surface area (Å²) in [6.45, 7) is 12.0. The van der Waals surface area contributed by atoms with Crippen LogP contribution in [0.2, 0.25) is 0 Å². The summed E-state index contributed by atoms with van der Waals surface area (Å²) < 4.78 is 68.8. The molecule has 0 spiro atoms. The molecule has 3 N–H and O–H groups in total. The van der Waals surface area contributed by atoms with Crippen LogP contribution in [-0.2, 0) is 65.4 Å². The van der Waals surface area contributed by atoms with Crippen LogP contribution < -0.4 is 0 Å². The third kappa shape index (κ3) is 73.6. The maximum atomic E-state index is 13.1. The lowest BCUT2D eigenvalue weighted by Crippen LogP contribution is -2.30. The quantitative estimate of drug-likeness (QED) is 0.0222. The van der Waals surface area contributed by atoms with Gasteiger partial charge in [0.25, 0.3) is 0 Å². The second kappa shape index (κ2) is 73.2. The number of carbonyl (C=O) groups is 4. The molecular formula is C83H162O17P2. The van der Waals surface area contributed by atoms with E-state index in [-0.39, 0.29) is 25.7 Å². The Labute approximate surface area is 626 Å². The predicted molar refractivity (Wildman–Crippen MR) is 418 cm³/mol. The molecule has 606 valence electrons. The van der Waals surface area contributed by atoms with Crippen LogP contribution in [0, 0.1) is 17.8 Å². The molecule has 0 aliphatic heterocycles. The average molecular weight is 1490 g/mol. The summed E-state index contributed by atoms with van der Waals surface area (Å²) in [5.74, 6) is 0.300. The highest BCUT2D eigenvalue weighted by atomic mass is 31.2. The Kier molecular flexibility index (Phi) is 71.8. The molecule has 17 nitrogen and oxygen atoms in total. The van der Waals surface area contributed by atoms with Gasteiger partial charge in [0, 0.05) is 25.7 Å². The number of esters is 4. The van der Waals surface area contributed by atoms with E-state index in [0.717, 1.165) is 108 Å². The highest BCUT2D eigenvalue weighted by Gasteiger charge is 2.30. The van der Waals surface area contributed by atoms with Gasteiger partial charge in [0.15, 0.2) is 12.2 Å². The van der Waals surface area contributed by atoms with E-state index in [1.54, 1.807) is 0 Å². The Balaban J connectivity index is 5.28. The van der Waals surface area contributed by atoms with Crippen molar-refractivity contribution in [3.05, 3.63) is 0 Å². The van der Waals surface area contributed by atoms with Crippen LogP contribution in [-0.4, -0.2) is 96.7 Å². The fraction of sp³-hybridized carbons (Fsp3) is 0.952. The van der Waals surface area contributed by atoms with Crippen molar-refractivity contribution in [3.8, 4) is 0 Å². The number of hydrogen-bond donors (Lipinski definition) is 3. The van der Waals surface area contributed by atoms with Crippen molar-refractivity contribution in [3.63, 3.8) is 0 Å². The monoisotopic (exact) mass is 1490 g/mol. The summed E-state index contributed by atoms with van der Waals surface area (Å²) in [4.78, 5) is 73.2. The van der Waals surface area contributed by atoms with Crippen molar-refractivity contribution in [1.29, 1.82) is 0 Å². The molecule has 0 rings (SSSR count). The molecule has 0 aromatic carbocycles. The molecule has 0 bridgehead atoms. The van der Waals surface area contributed by atoms with E-state index in [0.29, 0.717) is 25.7 Å². The van der Waals surface area contributed by atoms with E-state index in [9.17, 15) is 43.2 Å². The van der Waals surface area contributed by atoms with Gasteiger partial charge in [-0.15, -0.1) is 0 Å². The fourth-order valence-corrected chi connectivity index (χ4v) is 14.4. The molecule has 0 heterocycles. The van der Waals surface area contributed by atoms with Gasteiger partial charge in [0.2, 0.25) is 0 Å². The number of aliphatic hydroxyl groups is 1. The van der Waals surface area contributed by atoms with E-state index < -0.39 is 97.5 Å². The Morgan fingerprint density at radius 2 is 0.500 bits per heavy atom. The summed E-state index contributed by atoms with van der Waals surface area (Å²) >= 11 is 0. The zero-order valence-electron chi connectivity index (χ0n) is 67.1. The van der Waals surface area contributed by atoms with Gasteiger partial charge in [-0.05, 0) is 43.4 Å². The van der Waals surface area contributed by atoms with Gasteiger partial charge < -0.3 is 33.8 Å². The number of phosphoric acid groups is 2. The minimum atomic E-state index is -4.96. The zero-order valence-corrected chi connectivity index (χ0v) is 68.9. The fourth-order valence-electron chi connectivity index (χ4n) is 12.8. The SMILES string of the molecule is CCCCCCCCCCCCCCCCCCCC(=O)OC[C@H](COP(=O)(O)OC[C@@H](O)COP(=O)(O)OC[C@@H](COC(=O)CCCCCCCCCCCCC(C)C)OC(=O)CCCCCCCCCCCCC(C)CC)OC(=O)CCCCCCCCCCCCCCCCC(C)CC. The molecule has 0 aliphatic rings. The third-order valence-electron chi connectivity index (χ3n) is 20.1. The standard InChI is InChI=1S/C83H162O17P2/c1-8-11-12-13-14-15-16-17-18-19-20-24-27-36-43-50-57-64-80(85)93-70-78(99-82(87)66-59-52-45-38-28-25-22-21-23-26-34-41-48-55-62-75(6)9-2)72-97-101(89,90)95-68-77(84)69-96-102(91,92)98-73-79(71-94-81(86)65-58-51-44-37-31-29-33-40-47-54-61-74(4)5)100-83(88)67-60-53-46-39-32-30-35-42-49-56-63-76(7)10-3/h74-79,84H,8-73H2,1-7H3,(H,89,90)(H,91,92)/t75?,76?,77-,78-,79-/m1/s1. The van der Waals surface area contributed by atoms with E-state index in [2.05, 4.69) is 48.5 Å². The number of phosphoric ester groups is 2. The molecule has 4 unspecified atom stereocenters. The molecule has 0 fully saturated rings. The smallest absolute Gasteiger partial charge is 0.462 e. The van der Waals surface area contributed by atoms with Gasteiger partial charge in [-0.25, -0.2) is 9.13 Å². The van der Waals surface area contributed by atoms with Gasteiger partial charge in [0.05, 0.1) is 26.4 Å². The van der Waals surface area contributed by atoms with Crippen molar-refractivity contribution in [2.24, 2.45) is 17.8 Å². The first-order valence-corrected chi connectivity index (χ1v) is 45.9. The number of ether oxygens (including phenoxy) is 4. The molecule has 0 aromatic rings. The Hall–Kier alpha value is -1.94. The molecule has 0 amide bonds. The Morgan fingerprint density at radius 3 is 0.745 bits per heavy atom. The summed E-state index contributed by atoms with van der Waals surface area (Å²) in [6.07, 6.45) is 62.2. The molecule has 7 atom stereocenters. The summed E-state index contributed by atoms with van der Waals surface area (Å²) in [7, 11) is -9.93. The van der Waals surface area contributed by atoms with E-state index in [1.165, 1.54) is 244 Å². The Bertz CT molecular complexity index is 1980. The third-order valence-corrected chi connectivity index (χ3v) is 22.0. The predicted octanol–water partition coefficient (Wildman–Crippen LogP) is 24.9. The maximum absolute atomic E-state index is 13.1. The first-order valence-electron chi connectivity index (χ1n) is 42.9. The lowest BCUT2D eigenvalue weighted by atomic mass is 9.99. The molecule has 19 heteroatoms. The molecule has 0 radical (unpaired) electrons. The number of hydrogen-bond acceptors (Lipinski definition) is 15. The number of aliphatic hydroxyl groups excluding tert-OH is 1. The minimum absolute atomic E-state index is 0.106. The van der Waals surface area contributed by atoms with Gasteiger partial charge in [0.1, 0.15) is 19.3 Å². The minimum Gasteiger partial charge on any atom is -0.462 e. The van der Waals surface area contributed by atoms with Crippen LogP contribution in [0.25, 0.3) is 0 Å². The van der Waals surface area contributed by atoms with Crippen LogP contribution >= 0.6 is 15.6 Å². The molecular weight excluding hydrogens is 1330 g/mol. The lowest BCUT2D eigenvalue weighted by Gasteiger charge is -2.21. The number of carbonyl (C=O) groups excluding carboxylic acids is 4. The van der Waals surface area contributed by atoms with Gasteiger partial charge in [-0.3, -0.25) is 37.3 Å². The largest absolute Gasteiger partial charge is 0.472 e. The summed E-state index contributed by atoms with van der Waals surface area (Å²) in [6, 6.07) is 0. The first-order chi connectivity index (χ1) is 49.3. The summed E-state index contributed by atoms with van der Waals surface area (Å²) in [5, 5.41) is 10.7. The molecule has 102 heavy (non-hydrogen) atoms. The summed E-state index contributed by atoms with van der Waals surface area (Å²) in [5.41, 5.74) is 0. The van der Waals surface area contributed by atoms with Crippen LogP contribution in [0.1, 0.15) is 434 Å². The highest BCUT2D eigenvalue weighted by molar-refractivity contribution is 7.47. The van der Waals surface area contributed by atoms with Crippen molar-refractivity contribution >= 4 is 39.5 Å². The van der Waals surface area contributed by atoms with E-state index >= 15 is 0 Å². The van der Waals surface area contributed by atoms with Gasteiger partial charge in [-0.2, -0.15) is 0 Å². The molecule has 0 aromatic heterocycles. The number of rotatable bonds is 81. The second-order valence-corrected chi connectivity index (χ2v) is 33.7. The van der Waals surface area contributed by atoms with Crippen LogP contribution in [0.4, 0.5) is 0 Å². The van der Waals surface area contributed by atoms with Crippen LogP contribution in [0.15, 0.2) is 0 Å². The van der Waals surface area contributed by atoms with Crippen LogP contribution in [0.3, 0.4) is 0 Å². The zero-order chi connectivity index (χ0) is 75.1. The lowest BCUT2D eigenvalue weighted by molar-refractivity contribution is -0.161. The van der Waals surface area contributed by atoms with Crippen molar-refractivity contribution < 1.29 is 80.2 Å². The van der Waals surface area contributed by atoms with E-state index in [1.807, 2.05) is 0 Å². The average Bonchev–Trinajstić information content (AvgIpc) is 0.922. The van der Waals surface area contributed by atoms with Crippen molar-refractivity contribution in [2.45, 2.75) is 452 Å². The number of unbranched alkanes of at least 4 members (excludes halogenated alkanes) is 47. The topological polar surface area (TPSA) is 237 Å². The molecule has 0 saturated carbocycles. The maximum Gasteiger partial charge on any atom is 0.472 e. The Morgan fingerprint density at radius 1 is 0.284 bits per heavy atom. The second-order valence-electron chi connectivity index (χ2n) is 30.8. The van der Waals surface area contributed by atoms with E-state index in [4.69, 9.17) is 37.0 Å². The normalized spacial score (nSPS) is 14.5. The van der Waals surface area contributed by atoms with Crippen molar-refractivity contribution in [2.75, 3.05) is 39.6 Å².